The summed E-state index contributed by atoms with van der Waals surface area (Å²) in [4.78, 5) is 2.76. The van der Waals surface area contributed by atoms with E-state index in [4.69, 9.17) is 10.4 Å². The van der Waals surface area contributed by atoms with E-state index >= 15 is 0 Å². The van der Waals surface area contributed by atoms with Crippen molar-refractivity contribution in [2.75, 3.05) is 0 Å². The van der Waals surface area contributed by atoms with Crippen LogP contribution in [-0.4, -0.2) is 20.6 Å². The van der Waals surface area contributed by atoms with E-state index in [1.54, 1.807) is 12.1 Å². The molecule has 6 heteroatoms. The van der Waals surface area contributed by atoms with Gasteiger partial charge in [0, 0.05) is 29.6 Å². The van der Waals surface area contributed by atoms with Gasteiger partial charge in [-0.25, -0.2) is 8.78 Å². The van der Waals surface area contributed by atoms with E-state index in [-0.39, 0.29) is 17.3 Å². The standard InChI is InChI=1S/C11H12F2N2O2/c1-11(12,13)9-5-14-10-3-2-7(4-8(9)10)6-15(16)17/h2-5,14,16-17H,6H2,1H3. The third-order valence-electron chi connectivity index (χ3n) is 2.54. The first-order valence-electron chi connectivity index (χ1n) is 5.01. The third kappa shape index (κ3) is 2.44. The Balaban J connectivity index is 2.51. The smallest absolute Gasteiger partial charge is 0.272 e. The minimum Gasteiger partial charge on any atom is -0.361 e. The zero-order chi connectivity index (χ0) is 12.6. The number of hydrogen-bond acceptors (Lipinski definition) is 3. The molecule has 2 aromatic rings. The van der Waals surface area contributed by atoms with Gasteiger partial charge in [-0.1, -0.05) is 11.3 Å². The van der Waals surface area contributed by atoms with Gasteiger partial charge in [0.1, 0.15) is 0 Å². The summed E-state index contributed by atoms with van der Waals surface area (Å²) in [6.45, 7) is 0.683. The van der Waals surface area contributed by atoms with Crippen LogP contribution in [0, 0.1) is 0 Å². The number of rotatable bonds is 3. The lowest BCUT2D eigenvalue weighted by molar-refractivity contribution is -0.314. The van der Waals surface area contributed by atoms with E-state index in [0.717, 1.165) is 6.92 Å². The van der Waals surface area contributed by atoms with Crippen molar-refractivity contribution < 1.29 is 19.2 Å². The number of benzene rings is 1. The highest BCUT2D eigenvalue weighted by Crippen LogP contribution is 2.33. The molecule has 0 saturated heterocycles. The fourth-order valence-corrected chi connectivity index (χ4v) is 1.79. The van der Waals surface area contributed by atoms with Crippen LogP contribution in [0.1, 0.15) is 18.1 Å². The van der Waals surface area contributed by atoms with E-state index < -0.39 is 5.92 Å². The average Bonchev–Trinajstić information content (AvgIpc) is 2.58. The molecule has 1 heterocycles. The Bertz CT molecular complexity index is 532. The Hall–Kier alpha value is -1.50. The number of nitrogens with zero attached hydrogens (tertiary/aromatic N) is 1. The monoisotopic (exact) mass is 242 g/mol. The Labute approximate surface area is 96.0 Å². The first-order valence-corrected chi connectivity index (χ1v) is 5.01. The van der Waals surface area contributed by atoms with Gasteiger partial charge < -0.3 is 4.98 Å². The second-order valence-corrected chi connectivity index (χ2v) is 4.00. The van der Waals surface area contributed by atoms with Gasteiger partial charge in [0.25, 0.3) is 5.92 Å². The van der Waals surface area contributed by atoms with Crippen molar-refractivity contribution in [1.82, 2.24) is 10.2 Å². The summed E-state index contributed by atoms with van der Waals surface area (Å²) < 4.78 is 26.6. The summed E-state index contributed by atoms with van der Waals surface area (Å²) in [5.74, 6) is -2.94. The van der Waals surface area contributed by atoms with Crippen molar-refractivity contribution in [3.05, 3.63) is 35.5 Å². The molecule has 1 aromatic heterocycles. The van der Waals surface area contributed by atoms with Crippen molar-refractivity contribution in [2.45, 2.75) is 19.4 Å². The molecule has 92 valence electrons. The number of H-pyrrole nitrogens is 1. The maximum atomic E-state index is 13.3. The zero-order valence-corrected chi connectivity index (χ0v) is 9.11. The second-order valence-electron chi connectivity index (χ2n) is 4.00. The first kappa shape index (κ1) is 12.0. The minimum absolute atomic E-state index is 0.0115. The van der Waals surface area contributed by atoms with Crippen LogP contribution in [0.25, 0.3) is 10.9 Å². The molecule has 0 aliphatic heterocycles. The number of aromatic amines is 1. The number of alkyl halides is 2. The molecule has 0 aliphatic rings. The summed E-state index contributed by atoms with van der Waals surface area (Å²) in [6, 6.07) is 4.78. The van der Waals surface area contributed by atoms with Gasteiger partial charge in [0.2, 0.25) is 0 Å². The molecule has 1 aromatic carbocycles. The molecule has 0 atom stereocenters. The van der Waals surface area contributed by atoms with E-state index in [1.807, 2.05) is 0 Å². The van der Waals surface area contributed by atoms with Gasteiger partial charge in [0.05, 0.1) is 6.54 Å². The summed E-state index contributed by atoms with van der Waals surface area (Å²) in [5.41, 5.74) is 1.03. The Kier molecular flexibility index (Phi) is 2.86. The van der Waals surface area contributed by atoms with Crippen molar-refractivity contribution in [3.8, 4) is 0 Å². The number of aromatic nitrogens is 1. The lowest BCUT2D eigenvalue weighted by Gasteiger charge is -2.10. The second kappa shape index (κ2) is 4.06. The SMILES string of the molecule is CC(F)(F)c1c[nH]c2ccc(CN(O)O)cc12. The van der Waals surface area contributed by atoms with Crippen LogP contribution in [0.5, 0.6) is 0 Å². The zero-order valence-electron chi connectivity index (χ0n) is 9.11. The van der Waals surface area contributed by atoms with Gasteiger partial charge in [0.15, 0.2) is 0 Å². The van der Waals surface area contributed by atoms with Gasteiger partial charge in [-0.3, -0.25) is 10.4 Å². The molecule has 2 rings (SSSR count). The third-order valence-corrected chi connectivity index (χ3v) is 2.54. The maximum Gasteiger partial charge on any atom is 0.272 e. The van der Waals surface area contributed by atoms with E-state index in [9.17, 15) is 8.78 Å². The van der Waals surface area contributed by atoms with Crippen LogP contribution in [-0.2, 0) is 12.5 Å². The van der Waals surface area contributed by atoms with Crippen LogP contribution < -0.4 is 0 Å². The predicted molar refractivity (Wildman–Crippen MR) is 57.0 cm³/mol. The van der Waals surface area contributed by atoms with Crippen LogP contribution >= 0.6 is 0 Å². The molecule has 17 heavy (non-hydrogen) atoms. The number of halogens is 2. The highest BCUT2D eigenvalue weighted by Gasteiger charge is 2.27. The lowest BCUT2D eigenvalue weighted by Crippen LogP contribution is -2.12. The lowest BCUT2D eigenvalue weighted by atomic mass is 10.1. The number of nitrogens with one attached hydrogen (secondary N) is 1. The molecular weight excluding hydrogens is 230 g/mol. The molecular formula is C11H12F2N2O2. The summed E-state index contributed by atoms with van der Waals surface area (Å²) in [5, 5.41) is 17.8. The summed E-state index contributed by atoms with van der Waals surface area (Å²) >= 11 is 0. The van der Waals surface area contributed by atoms with Crippen molar-refractivity contribution >= 4 is 10.9 Å². The van der Waals surface area contributed by atoms with Crippen molar-refractivity contribution in [3.63, 3.8) is 0 Å². The van der Waals surface area contributed by atoms with Gasteiger partial charge in [-0.2, -0.15) is 0 Å². The van der Waals surface area contributed by atoms with Crippen LogP contribution in [0.15, 0.2) is 24.4 Å². The van der Waals surface area contributed by atoms with Crippen LogP contribution in [0.3, 0.4) is 0 Å². The molecule has 0 amide bonds. The van der Waals surface area contributed by atoms with Crippen LogP contribution in [0.2, 0.25) is 0 Å². The molecule has 4 nitrogen and oxygen atoms in total. The van der Waals surface area contributed by atoms with E-state index in [0.29, 0.717) is 16.5 Å². The molecule has 0 bridgehead atoms. The largest absolute Gasteiger partial charge is 0.361 e. The Morgan fingerprint density at radius 2 is 2.06 bits per heavy atom. The highest BCUT2D eigenvalue weighted by atomic mass is 19.3. The molecule has 0 fully saturated rings. The number of fused-ring (bicyclic) bond motifs is 1. The molecule has 0 aliphatic carbocycles. The minimum atomic E-state index is -2.94. The van der Waals surface area contributed by atoms with Crippen LogP contribution in [0.4, 0.5) is 8.78 Å². The summed E-state index contributed by atoms with van der Waals surface area (Å²) in [6.07, 6.45) is 1.27. The molecule has 0 saturated carbocycles. The molecule has 0 spiro atoms. The maximum absolute atomic E-state index is 13.3. The topological polar surface area (TPSA) is 59.5 Å². The average molecular weight is 242 g/mol. The quantitative estimate of drug-likeness (QED) is 0.725. The van der Waals surface area contributed by atoms with E-state index in [2.05, 4.69) is 4.98 Å². The van der Waals surface area contributed by atoms with Gasteiger partial charge >= 0.3 is 0 Å². The fourth-order valence-electron chi connectivity index (χ4n) is 1.79. The highest BCUT2D eigenvalue weighted by molar-refractivity contribution is 5.84. The van der Waals surface area contributed by atoms with Gasteiger partial charge in [-0.15, -0.1) is 0 Å². The van der Waals surface area contributed by atoms with E-state index in [1.165, 1.54) is 12.3 Å². The Morgan fingerprint density at radius 1 is 1.35 bits per heavy atom. The first-order chi connectivity index (χ1) is 7.88. The van der Waals surface area contributed by atoms with Gasteiger partial charge in [-0.05, 0) is 17.7 Å². The van der Waals surface area contributed by atoms with Crippen molar-refractivity contribution in [1.29, 1.82) is 0 Å². The number of hydrogen-bond donors (Lipinski definition) is 3. The molecule has 0 unspecified atom stereocenters. The normalized spacial score (nSPS) is 12.6. The number of hydroxylamine groups is 2. The van der Waals surface area contributed by atoms with Crippen molar-refractivity contribution in [2.24, 2.45) is 0 Å². The predicted octanol–water partition coefficient (Wildman–Crippen LogP) is 2.86. The summed E-state index contributed by atoms with van der Waals surface area (Å²) in [7, 11) is 0. The Morgan fingerprint density at radius 3 is 2.65 bits per heavy atom. The molecule has 3 N–H and O–H groups in total. The molecule has 0 radical (unpaired) electrons. The fraction of sp³-hybridized carbons (Fsp3) is 0.273.